The van der Waals surface area contributed by atoms with Gasteiger partial charge in [-0.25, -0.2) is 4.79 Å². The van der Waals surface area contributed by atoms with Gasteiger partial charge in [-0.05, 0) is 39.2 Å². The molecule has 0 aliphatic heterocycles. The second-order valence-electron chi connectivity index (χ2n) is 6.79. The Labute approximate surface area is 126 Å². The highest BCUT2D eigenvalue weighted by molar-refractivity contribution is 6.33. The molecule has 0 saturated heterocycles. The first kappa shape index (κ1) is 15.6. The fourth-order valence-corrected chi connectivity index (χ4v) is 2.81. The Morgan fingerprint density at radius 3 is 2.76 bits per heavy atom. The molecule has 0 fully saturated rings. The van der Waals surface area contributed by atoms with E-state index in [1.54, 1.807) is 20.8 Å². The van der Waals surface area contributed by atoms with Crippen molar-refractivity contribution >= 4 is 25.7 Å². The van der Waals surface area contributed by atoms with Crippen LogP contribution in [0.4, 0.5) is 4.79 Å². The van der Waals surface area contributed by atoms with Gasteiger partial charge in [-0.15, -0.1) is 0 Å². The number of carbonyl (C=O) groups excluding carboxylic acids is 2. The van der Waals surface area contributed by atoms with Crippen molar-refractivity contribution in [3.63, 3.8) is 0 Å². The van der Waals surface area contributed by atoms with Crippen molar-refractivity contribution in [2.24, 2.45) is 0 Å². The molecule has 1 aliphatic carbocycles. The number of carbonyl (C=O) groups is 2. The summed E-state index contributed by atoms with van der Waals surface area (Å²) in [5.41, 5.74) is 2.23. The minimum atomic E-state index is -0.858. The van der Waals surface area contributed by atoms with Crippen LogP contribution in [0.1, 0.15) is 38.3 Å². The molecule has 1 aromatic rings. The van der Waals surface area contributed by atoms with E-state index in [4.69, 9.17) is 4.74 Å². The summed E-state index contributed by atoms with van der Waals surface area (Å²) in [4.78, 5) is 23.6. The number of nitrogens with one attached hydrogen (secondary N) is 1. The Morgan fingerprint density at radius 2 is 2.14 bits per heavy atom. The van der Waals surface area contributed by atoms with Crippen molar-refractivity contribution < 1.29 is 14.3 Å². The summed E-state index contributed by atoms with van der Waals surface area (Å²) in [7, 11) is 2.08. The van der Waals surface area contributed by atoms with Crippen LogP contribution in [-0.2, 0) is 22.4 Å². The molecule has 5 heteroatoms. The zero-order valence-electron chi connectivity index (χ0n) is 13.2. The predicted molar refractivity (Wildman–Crippen MR) is 84.8 cm³/mol. The number of aldehydes is 1. The van der Waals surface area contributed by atoms with Crippen molar-refractivity contribution in [1.82, 2.24) is 5.32 Å². The van der Waals surface area contributed by atoms with E-state index in [-0.39, 0.29) is 0 Å². The molecule has 0 saturated carbocycles. The first-order chi connectivity index (χ1) is 9.75. The number of alkyl carbamates (subject to hydrolysis) is 1. The van der Waals surface area contributed by atoms with Gasteiger partial charge in [-0.3, -0.25) is 0 Å². The molecule has 0 spiro atoms. The zero-order chi connectivity index (χ0) is 15.7. The Kier molecular flexibility index (Phi) is 4.12. The first-order valence-corrected chi connectivity index (χ1v) is 7.29. The highest BCUT2D eigenvalue weighted by atomic mass is 16.6. The van der Waals surface area contributed by atoms with E-state index in [0.717, 1.165) is 18.3 Å². The van der Waals surface area contributed by atoms with E-state index in [2.05, 4.69) is 19.2 Å². The second kappa shape index (κ2) is 5.55. The maximum Gasteiger partial charge on any atom is 0.408 e. The third-order valence-corrected chi connectivity index (χ3v) is 3.81. The van der Waals surface area contributed by atoms with Crippen molar-refractivity contribution in [3.8, 4) is 0 Å². The van der Waals surface area contributed by atoms with Gasteiger partial charge >= 0.3 is 6.09 Å². The summed E-state index contributed by atoms with van der Waals surface area (Å²) >= 11 is 0. The molecule has 0 aromatic heterocycles. The average molecular weight is 287 g/mol. The first-order valence-electron chi connectivity index (χ1n) is 7.29. The number of ether oxygens (including phenoxy) is 1. The molecular weight excluding hydrogens is 265 g/mol. The Bertz CT molecular complexity index is 565. The second-order valence-corrected chi connectivity index (χ2v) is 6.79. The lowest BCUT2D eigenvalue weighted by Gasteiger charge is -2.35. The van der Waals surface area contributed by atoms with Crippen LogP contribution in [0, 0.1) is 0 Å². The van der Waals surface area contributed by atoms with Crippen LogP contribution in [0.5, 0.6) is 0 Å². The molecule has 1 atom stereocenters. The number of hydrogen-bond acceptors (Lipinski definition) is 3. The predicted octanol–water partition coefficient (Wildman–Crippen LogP) is 0.896. The molecule has 4 nitrogen and oxygen atoms in total. The summed E-state index contributed by atoms with van der Waals surface area (Å²) in [5.74, 6) is 0. The minimum absolute atomic E-state index is 0.521. The number of hydrogen-bond donors (Lipinski definition) is 1. The highest BCUT2D eigenvalue weighted by Crippen LogP contribution is 2.27. The average Bonchev–Trinajstić information content (AvgIpc) is 2.36. The number of benzene rings is 1. The Morgan fingerprint density at radius 1 is 1.43 bits per heavy atom. The highest BCUT2D eigenvalue weighted by Gasteiger charge is 2.37. The van der Waals surface area contributed by atoms with Gasteiger partial charge in [0.2, 0.25) is 0 Å². The number of fused-ring (bicyclic) bond motifs is 1. The third-order valence-electron chi connectivity index (χ3n) is 3.81. The van der Waals surface area contributed by atoms with E-state index >= 15 is 0 Å². The maximum absolute atomic E-state index is 12.0. The molecule has 21 heavy (non-hydrogen) atoms. The van der Waals surface area contributed by atoms with Crippen LogP contribution in [0.3, 0.4) is 0 Å². The fourth-order valence-electron chi connectivity index (χ4n) is 2.81. The third kappa shape index (κ3) is 3.66. The molecule has 0 radical (unpaired) electrons. The van der Waals surface area contributed by atoms with E-state index in [1.165, 1.54) is 11.0 Å². The summed E-state index contributed by atoms with van der Waals surface area (Å²) in [5, 5.41) is 2.77. The summed E-state index contributed by atoms with van der Waals surface area (Å²) in [6, 6.07) is 6.09. The van der Waals surface area contributed by atoms with Crippen molar-refractivity contribution in [1.29, 1.82) is 0 Å². The van der Waals surface area contributed by atoms with Crippen molar-refractivity contribution in [2.75, 3.05) is 0 Å². The van der Waals surface area contributed by atoms with E-state index < -0.39 is 17.2 Å². The lowest BCUT2D eigenvalue weighted by Crippen LogP contribution is -2.55. The number of rotatable bonds is 2. The Hall–Kier alpha value is -1.78. The summed E-state index contributed by atoms with van der Waals surface area (Å²) < 4.78 is 5.27. The fraction of sp³-hybridized carbons (Fsp3) is 0.500. The molecule has 1 unspecified atom stereocenters. The van der Waals surface area contributed by atoms with Crippen LogP contribution in [0.2, 0.25) is 0 Å². The maximum atomic E-state index is 12.0. The molecule has 0 bridgehead atoms. The molecule has 1 aliphatic rings. The van der Waals surface area contributed by atoms with Crippen LogP contribution in [0.15, 0.2) is 18.2 Å². The molecule has 0 heterocycles. The van der Waals surface area contributed by atoms with Gasteiger partial charge in [-0.1, -0.05) is 29.2 Å². The molecule has 112 valence electrons. The molecule has 1 amide bonds. The van der Waals surface area contributed by atoms with Gasteiger partial charge in [-0.2, -0.15) is 0 Å². The molecule has 1 N–H and O–H groups in total. The SMILES string of the molecule is Bc1cccc2c1CCC(C=O)(NC(=O)OC(C)(C)C)C2. The van der Waals surface area contributed by atoms with Crippen LogP contribution in [0.25, 0.3) is 0 Å². The molecule has 1 aromatic carbocycles. The normalized spacial score (nSPS) is 21.3. The van der Waals surface area contributed by atoms with Crippen molar-refractivity contribution in [3.05, 3.63) is 29.3 Å². The monoisotopic (exact) mass is 287 g/mol. The van der Waals surface area contributed by atoms with E-state index in [1.807, 2.05) is 12.1 Å². The largest absolute Gasteiger partial charge is 0.444 e. The van der Waals surface area contributed by atoms with Crippen molar-refractivity contribution in [2.45, 2.75) is 51.2 Å². The van der Waals surface area contributed by atoms with Gasteiger partial charge < -0.3 is 14.8 Å². The quantitative estimate of drug-likeness (QED) is 0.649. The lowest BCUT2D eigenvalue weighted by molar-refractivity contribution is -0.113. The van der Waals surface area contributed by atoms with Gasteiger partial charge in [0.15, 0.2) is 0 Å². The van der Waals surface area contributed by atoms with Crippen LogP contribution >= 0.6 is 0 Å². The standard InChI is InChI=1S/C16H22BNO3/c1-15(2,3)21-14(20)18-16(10-19)8-7-12-11(9-16)5-4-6-13(12)17/h4-6,10H,7-9,17H2,1-3H3,(H,18,20). The molecular formula is C16H22BNO3. The van der Waals surface area contributed by atoms with Gasteiger partial charge in [0.05, 0.1) is 0 Å². The minimum Gasteiger partial charge on any atom is -0.444 e. The summed E-state index contributed by atoms with van der Waals surface area (Å²) in [6.45, 7) is 5.42. The van der Waals surface area contributed by atoms with Gasteiger partial charge in [0.25, 0.3) is 0 Å². The van der Waals surface area contributed by atoms with Crippen LogP contribution in [-0.4, -0.2) is 31.4 Å². The smallest absolute Gasteiger partial charge is 0.408 e. The topological polar surface area (TPSA) is 55.4 Å². The van der Waals surface area contributed by atoms with E-state index in [9.17, 15) is 9.59 Å². The zero-order valence-corrected chi connectivity index (χ0v) is 13.2. The lowest BCUT2D eigenvalue weighted by atomic mass is 9.74. The van der Waals surface area contributed by atoms with Crippen LogP contribution < -0.4 is 10.8 Å². The summed E-state index contributed by atoms with van der Waals surface area (Å²) in [6.07, 6.45) is 2.23. The van der Waals surface area contributed by atoms with E-state index in [0.29, 0.717) is 12.8 Å². The Balaban J connectivity index is 2.17. The van der Waals surface area contributed by atoms with Gasteiger partial charge in [0.1, 0.15) is 25.3 Å². The van der Waals surface area contributed by atoms with Gasteiger partial charge in [0, 0.05) is 6.42 Å². The number of amides is 1. The molecule has 2 rings (SSSR count).